The number of rotatable bonds is 10. The van der Waals surface area contributed by atoms with E-state index in [2.05, 4.69) is 9.97 Å². The number of pyridine rings is 2. The van der Waals surface area contributed by atoms with Crippen LogP contribution in [0.2, 0.25) is 0 Å². The summed E-state index contributed by atoms with van der Waals surface area (Å²) in [7, 11) is 0. The third kappa shape index (κ3) is 7.70. The summed E-state index contributed by atoms with van der Waals surface area (Å²) >= 11 is 0. The fourth-order valence-corrected chi connectivity index (χ4v) is 4.27. The van der Waals surface area contributed by atoms with Gasteiger partial charge in [0, 0.05) is 37.6 Å². The van der Waals surface area contributed by atoms with Gasteiger partial charge in [0.1, 0.15) is 0 Å². The van der Waals surface area contributed by atoms with Gasteiger partial charge < -0.3 is 10.2 Å². The zero-order valence-corrected chi connectivity index (χ0v) is 18.4. The summed E-state index contributed by atoms with van der Waals surface area (Å²) in [6.07, 6.45) is 7.02. The maximum absolute atomic E-state index is 11.6. The van der Waals surface area contributed by atoms with E-state index < -0.39 is 11.9 Å². The second kappa shape index (κ2) is 12.5. The minimum atomic E-state index is -0.898. The normalized spacial score (nSPS) is 18.5. The third-order valence-electron chi connectivity index (χ3n) is 5.49. The molecular formula is C22H28FeN4O4+2. The number of hydrogen-bond acceptors (Lipinski definition) is 6. The molecule has 0 aromatic carbocycles. The summed E-state index contributed by atoms with van der Waals surface area (Å²) in [4.78, 5) is 35.8. The molecule has 1 aliphatic carbocycles. The van der Waals surface area contributed by atoms with Crippen LogP contribution in [-0.2, 0) is 39.7 Å². The van der Waals surface area contributed by atoms with Crippen LogP contribution < -0.4 is 0 Å². The van der Waals surface area contributed by atoms with Crippen molar-refractivity contribution in [2.45, 2.75) is 50.9 Å². The van der Waals surface area contributed by atoms with Crippen LogP contribution in [-0.4, -0.2) is 67.1 Å². The van der Waals surface area contributed by atoms with Gasteiger partial charge >= 0.3 is 29.0 Å². The molecule has 0 unspecified atom stereocenters. The first-order valence-corrected chi connectivity index (χ1v) is 10.2. The first-order chi connectivity index (χ1) is 14.5. The van der Waals surface area contributed by atoms with Crippen molar-refractivity contribution in [3.63, 3.8) is 0 Å². The Labute approximate surface area is 192 Å². The summed E-state index contributed by atoms with van der Waals surface area (Å²) in [5.41, 5.74) is 1.61. The van der Waals surface area contributed by atoms with Gasteiger partial charge in [-0.15, -0.1) is 0 Å². The topological polar surface area (TPSA) is 107 Å². The molecule has 31 heavy (non-hydrogen) atoms. The number of carboxylic acids is 2. The molecule has 1 saturated carbocycles. The van der Waals surface area contributed by atoms with E-state index in [4.69, 9.17) is 0 Å². The Hall–Kier alpha value is -2.32. The molecule has 1 aliphatic rings. The third-order valence-corrected chi connectivity index (χ3v) is 5.49. The van der Waals surface area contributed by atoms with Gasteiger partial charge in [-0.2, -0.15) is 0 Å². The molecule has 166 valence electrons. The molecule has 2 N–H and O–H groups in total. The van der Waals surface area contributed by atoms with E-state index in [0.29, 0.717) is 13.1 Å². The van der Waals surface area contributed by atoms with Gasteiger partial charge in [-0.25, -0.2) is 0 Å². The van der Waals surface area contributed by atoms with E-state index in [-0.39, 0.29) is 42.2 Å². The average molecular weight is 468 g/mol. The Morgan fingerprint density at radius 3 is 1.55 bits per heavy atom. The number of nitrogens with zero attached hydrogens (tertiary/aromatic N) is 4. The van der Waals surface area contributed by atoms with Gasteiger partial charge in [-0.05, 0) is 37.1 Å². The molecule has 2 aromatic rings. The number of aromatic nitrogens is 2. The van der Waals surface area contributed by atoms with Crippen molar-refractivity contribution < 1.29 is 36.9 Å². The molecule has 0 spiro atoms. The van der Waals surface area contributed by atoms with Crippen LogP contribution in [0.25, 0.3) is 0 Å². The molecule has 0 amide bonds. The summed E-state index contributed by atoms with van der Waals surface area (Å²) in [6.45, 7) is 0.613. The molecule has 0 bridgehead atoms. The van der Waals surface area contributed by atoms with Gasteiger partial charge in [-0.1, -0.05) is 25.0 Å². The van der Waals surface area contributed by atoms with Crippen molar-refractivity contribution in [3.05, 3.63) is 60.2 Å². The van der Waals surface area contributed by atoms with Crippen molar-refractivity contribution in [1.29, 1.82) is 0 Å². The molecule has 2 atom stereocenters. The number of carboxylic acid groups (broad SMARTS) is 2. The Bertz CT molecular complexity index is 755. The molecule has 1 fully saturated rings. The molecule has 8 nitrogen and oxygen atoms in total. The molecule has 0 saturated heterocycles. The zero-order valence-electron chi connectivity index (χ0n) is 17.3. The molecule has 3 rings (SSSR count). The number of aliphatic carboxylic acids is 2. The van der Waals surface area contributed by atoms with Crippen LogP contribution in [0.15, 0.2) is 48.8 Å². The van der Waals surface area contributed by atoms with Crippen molar-refractivity contribution in [2.75, 3.05) is 13.1 Å². The van der Waals surface area contributed by atoms with Crippen LogP contribution in [0.3, 0.4) is 0 Å². The molecule has 0 radical (unpaired) electrons. The van der Waals surface area contributed by atoms with Crippen LogP contribution in [0.5, 0.6) is 0 Å². The zero-order chi connectivity index (χ0) is 21.3. The Kier molecular flexibility index (Phi) is 10.1. The molecule has 0 aliphatic heterocycles. The second-order valence-corrected chi connectivity index (χ2v) is 7.66. The minimum Gasteiger partial charge on any atom is -0.480 e. The smallest absolute Gasteiger partial charge is 0.480 e. The van der Waals surface area contributed by atoms with E-state index >= 15 is 0 Å². The SMILES string of the molecule is O=C(O)CN(Cc1ccccn1)[C@@H]1CCCC[C@H]1N(CC(=O)O)Cc1ccccn1.[Fe+2]. The van der Waals surface area contributed by atoms with Gasteiger partial charge in [-0.3, -0.25) is 29.4 Å². The summed E-state index contributed by atoms with van der Waals surface area (Å²) in [5, 5.41) is 19.0. The first-order valence-electron chi connectivity index (χ1n) is 10.2. The molecule has 2 aromatic heterocycles. The van der Waals surface area contributed by atoms with Crippen molar-refractivity contribution in [2.24, 2.45) is 0 Å². The van der Waals surface area contributed by atoms with E-state index in [9.17, 15) is 19.8 Å². The predicted octanol–water partition coefficient (Wildman–Crippen LogP) is 2.26. The standard InChI is InChI=1S/C22H28N4O4.Fe/c27-21(28)15-25(13-17-7-3-5-11-23-17)19-9-1-2-10-20(19)26(16-22(29)30)14-18-8-4-6-12-24-18;/h3-8,11-12,19-20H,1-2,9-10,13-16H2,(H,27,28)(H,29,30);/q;+2/t19-,20-;/m1./s1. The van der Waals surface area contributed by atoms with E-state index in [1.54, 1.807) is 12.4 Å². The maximum atomic E-state index is 11.6. The monoisotopic (exact) mass is 468 g/mol. The van der Waals surface area contributed by atoms with Crippen LogP contribution in [0.1, 0.15) is 37.1 Å². The Balaban J connectivity index is 0.00000341. The van der Waals surface area contributed by atoms with Crippen LogP contribution in [0.4, 0.5) is 0 Å². The van der Waals surface area contributed by atoms with Crippen LogP contribution >= 0.6 is 0 Å². The molecule has 9 heteroatoms. The predicted molar refractivity (Wildman–Crippen MR) is 111 cm³/mol. The Morgan fingerprint density at radius 2 is 1.23 bits per heavy atom. The van der Waals surface area contributed by atoms with Crippen molar-refractivity contribution in [1.82, 2.24) is 19.8 Å². The number of carbonyl (C=O) groups is 2. The minimum absolute atomic E-state index is 0. The van der Waals surface area contributed by atoms with Gasteiger partial charge in [0.05, 0.1) is 24.5 Å². The molecule has 2 heterocycles. The summed E-state index contributed by atoms with van der Waals surface area (Å²) < 4.78 is 0. The Morgan fingerprint density at radius 1 is 0.806 bits per heavy atom. The summed E-state index contributed by atoms with van der Waals surface area (Å²) in [6, 6.07) is 11.1. The quantitative estimate of drug-likeness (QED) is 0.512. The molecular weight excluding hydrogens is 440 g/mol. The fourth-order valence-electron chi connectivity index (χ4n) is 4.27. The summed E-state index contributed by atoms with van der Waals surface area (Å²) in [5.74, 6) is -1.80. The largest absolute Gasteiger partial charge is 2.00 e. The first kappa shape index (κ1) is 24.9. The van der Waals surface area contributed by atoms with Gasteiger partial charge in [0.25, 0.3) is 0 Å². The number of hydrogen-bond donors (Lipinski definition) is 2. The fraction of sp³-hybridized carbons (Fsp3) is 0.455. The second-order valence-electron chi connectivity index (χ2n) is 7.66. The van der Waals surface area contributed by atoms with Gasteiger partial charge in [0.15, 0.2) is 0 Å². The maximum Gasteiger partial charge on any atom is 2.00 e. The van der Waals surface area contributed by atoms with Crippen molar-refractivity contribution in [3.8, 4) is 0 Å². The van der Waals surface area contributed by atoms with Gasteiger partial charge in [0.2, 0.25) is 0 Å². The van der Waals surface area contributed by atoms with E-state index in [1.807, 2.05) is 46.2 Å². The van der Waals surface area contributed by atoms with Crippen LogP contribution in [0, 0.1) is 0 Å². The van der Waals surface area contributed by atoms with Crippen molar-refractivity contribution >= 4 is 11.9 Å². The average Bonchev–Trinajstić information content (AvgIpc) is 2.74. The van der Waals surface area contributed by atoms with E-state index in [0.717, 1.165) is 37.1 Å². The van der Waals surface area contributed by atoms with E-state index in [1.165, 1.54) is 0 Å².